The zero-order chi connectivity index (χ0) is 18.7. The maximum Gasteiger partial charge on any atom is 0.220 e. The van der Waals surface area contributed by atoms with E-state index in [0.29, 0.717) is 18.9 Å². The van der Waals surface area contributed by atoms with Gasteiger partial charge in [0.25, 0.3) is 0 Å². The highest BCUT2D eigenvalue weighted by Gasteiger charge is 2.23. The number of hydrogen-bond acceptors (Lipinski definition) is 3. The van der Waals surface area contributed by atoms with Gasteiger partial charge in [0, 0.05) is 30.6 Å². The van der Waals surface area contributed by atoms with Crippen LogP contribution in [-0.4, -0.2) is 22.3 Å². The normalized spacial score (nSPS) is 16.3. The van der Waals surface area contributed by atoms with Gasteiger partial charge in [0.15, 0.2) is 0 Å². The Morgan fingerprint density at radius 1 is 1.35 bits per heavy atom. The number of nitrogens with zero attached hydrogens (tertiary/aromatic N) is 2. The molecule has 0 aliphatic carbocycles. The van der Waals surface area contributed by atoms with E-state index in [1.165, 1.54) is 11.3 Å². The molecule has 5 nitrogen and oxygen atoms in total. The van der Waals surface area contributed by atoms with Gasteiger partial charge in [0.05, 0.1) is 18.3 Å². The van der Waals surface area contributed by atoms with Crippen LogP contribution in [0.25, 0.3) is 0 Å². The Bertz CT molecular complexity index is 780. The first kappa shape index (κ1) is 18.5. The molecule has 1 aromatic carbocycles. The van der Waals surface area contributed by atoms with E-state index in [-0.39, 0.29) is 11.9 Å². The van der Waals surface area contributed by atoms with Crippen molar-refractivity contribution < 1.29 is 9.53 Å². The van der Waals surface area contributed by atoms with Crippen molar-refractivity contribution in [3.8, 4) is 5.75 Å². The summed E-state index contributed by atoms with van der Waals surface area (Å²) in [4.78, 5) is 12.5. The molecule has 140 valence electrons. The molecule has 0 unspecified atom stereocenters. The molecule has 0 radical (unpaired) electrons. The molecule has 0 spiro atoms. The number of benzene rings is 1. The Hall–Kier alpha value is -2.30. The molecule has 0 saturated carbocycles. The fourth-order valence-electron chi connectivity index (χ4n) is 3.62. The fraction of sp³-hybridized carbons (Fsp3) is 0.524. The summed E-state index contributed by atoms with van der Waals surface area (Å²) in [7, 11) is 0. The molecule has 1 atom stereocenters. The lowest BCUT2D eigenvalue weighted by atomic mass is 10.00. The minimum Gasteiger partial charge on any atom is -0.493 e. The van der Waals surface area contributed by atoms with E-state index >= 15 is 0 Å². The second-order valence-corrected chi connectivity index (χ2v) is 7.52. The highest BCUT2D eigenvalue weighted by Crippen LogP contribution is 2.31. The van der Waals surface area contributed by atoms with Gasteiger partial charge in [-0.05, 0) is 37.8 Å². The molecule has 0 saturated heterocycles. The van der Waals surface area contributed by atoms with Crippen molar-refractivity contribution in [1.82, 2.24) is 15.1 Å². The Kier molecular flexibility index (Phi) is 5.64. The maximum atomic E-state index is 12.5. The van der Waals surface area contributed by atoms with Crippen molar-refractivity contribution in [2.75, 3.05) is 6.61 Å². The summed E-state index contributed by atoms with van der Waals surface area (Å²) in [5.74, 6) is 1.52. The lowest BCUT2D eigenvalue weighted by Gasteiger charge is -2.26. The summed E-state index contributed by atoms with van der Waals surface area (Å²) in [6.45, 7) is 10.1. The van der Waals surface area contributed by atoms with Gasteiger partial charge in [-0.3, -0.25) is 9.48 Å². The fourth-order valence-corrected chi connectivity index (χ4v) is 3.62. The molecule has 1 amide bonds. The SMILES string of the molecule is Cc1nn(CC(C)C)c(C)c1CCC(=O)N[C@@H]1CCOc2ccccc21. The Balaban J connectivity index is 1.61. The van der Waals surface area contributed by atoms with E-state index in [2.05, 4.69) is 35.9 Å². The molecular formula is C21H29N3O2. The number of aromatic nitrogens is 2. The summed E-state index contributed by atoms with van der Waals surface area (Å²) < 4.78 is 7.74. The minimum absolute atomic E-state index is 0.0401. The third kappa shape index (κ3) is 4.09. The molecule has 1 N–H and O–H groups in total. The number of nitrogens with one attached hydrogen (secondary N) is 1. The number of hydrogen-bond donors (Lipinski definition) is 1. The van der Waals surface area contributed by atoms with E-state index in [1.807, 2.05) is 31.2 Å². The third-order valence-corrected chi connectivity index (χ3v) is 4.97. The zero-order valence-electron chi connectivity index (χ0n) is 16.2. The topological polar surface area (TPSA) is 56.2 Å². The van der Waals surface area contributed by atoms with Gasteiger partial charge in [0.1, 0.15) is 5.75 Å². The van der Waals surface area contributed by atoms with Crippen LogP contribution in [0.1, 0.15) is 55.2 Å². The van der Waals surface area contributed by atoms with Crippen LogP contribution in [0.4, 0.5) is 0 Å². The van der Waals surface area contributed by atoms with E-state index in [4.69, 9.17) is 4.74 Å². The van der Waals surface area contributed by atoms with Gasteiger partial charge in [0.2, 0.25) is 5.91 Å². The molecule has 1 aliphatic rings. The largest absolute Gasteiger partial charge is 0.493 e. The van der Waals surface area contributed by atoms with Crippen LogP contribution in [0.5, 0.6) is 5.75 Å². The van der Waals surface area contributed by atoms with Crippen molar-refractivity contribution in [1.29, 1.82) is 0 Å². The van der Waals surface area contributed by atoms with Gasteiger partial charge < -0.3 is 10.1 Å². The van der Waals surface area contributed by atoms with Gasteiger partial charge in [-0.1, -0.05) is 32.0 Å². The van der Waals surface area contributed by atoms with Gasteiger partial charge >= 0.3 is 0 Å². The monoisotopic (exact) mass is 355 g/mol. The van der Waals surface area contributed by atoms with Crippen molar-refractivity contribution in [3.63, 3.8) is 0 Å². The van der Waals surface area contributed by atoms with Crippen LogP contribution in [0, 0.1) is 19.8 Å². The van der Waals surface area contributed by atoms with Crippen molar-refractivity contribution >= 4 is 5.91 Å². The first-order valence-corrected chi connectivity index (χ1v) is 9.49. The number of fused-ring (bicyclic) bond motifs is 1. The van der Waals surface area contributed by atoms with Gasteiger partial charge in [-0.2, -0.15) is 5.10 Å². The van der Waals surface area contributed by atoms with Gasteiger partial charge in [-0.25, -0.2) is 0 Å². The molecule has 2 aromatic rings. The minimum atomic E-state index is 0.0401. The highest BCUT2D eigenvalue weighted by molar-refractivity contribution is 5.77. The summed E-state index contributed by atoms with van der Waals surface area (Å²) >= 11 is 0. The Morgan fingerprint density at radius 3 is 2.88 bits per heavy atom. The molecule has 2 heterocycles. The molecule has 3 rings (SSSR count). The highest BCUT2D eigenvalue weighted by atomic mass is 16.5. The quantitative estimate of drug-likeness (QED) is 0.859. The van der Waals surface area contributed by atoms with Gasteiger partial charge in [-0.15, -0.1) is 0 Å². The molecule has 0 fully saturated rings. The second-order valence-electron chi connectivity index (χ2n) is 7.52. The van der Waals surface area contributed by atoms with Crippen molar-refractivity contribution in [2.45, 2.75) is 59.5 Å². The molecule has 5 heteroatoms. The van der Waals surface area contributed by atoms with E-state index in [9.17, 15) is 4.79 Å². The third-order valence-electron chi connectivity index (χ3n) is 4.97. The lowest BCUT2D eigenvalue weighted by Crippen LogP contribution is -2.32. The number of amides is 1. The predicted molar refractivity (Wildman–Crippen MR) is 102 cm³/mol. The van der Waals surface area contributed by atoms with Crippen LogP contribution >= 0.6 is 0 Å². The smallest absolute Gasteiger partial charge is 0.220 e. The second kappa shape index (κ2) is 7.94. The first-order chi connectivity index (χ1) is 12.5. The number of carbonyl (C=O) groups excluding carboxylic acids is 1. The van der Waals surface area contributed by atoms with E-state index in [1.54, 1.807) is 0 Å². The Morgan fingerprint density at radius 2 is 2.12 bits per heavy atom. The maximum absolute atomic E-state index is 12.5. The summed E-state index contributed by atoms with van der Waals surface area (Å²) in [6, 6.07) is 7.98. The molecule has 1 aromatic heterocycles. The molecule has 26 heavy (non-hydrogen) atoms. The first-order valence-electron chi connectivity index (χ1n) is 9.49. The van der Waals surface area contributed by atoms with Crippen LogP contribution in [0.2, 0.25) is 0 Å². The Labute approximate surface area is 155 Å². The van der Waals surface area contributed by atoms with Crippen LogP contribution in [-0.2, 0) is 17.8 Å². The molecular weight excluding hydrogens is 326 g/mol. The predicted octanol–water partition coefficient (Wildman–Crippen LogP) is 3.73. The number of rotatable bonds is 6. The number of carbonyl (C=O) groups is 1. The average molecular weight is 355 g/mol. The number of ether oxygens (including phenoxy) is 1. The van der Waals surface area contributed by atoms with Crippen molar-refractivity contribution in [3.05, 3.63) is 46.8 Å². The number of para-hydroxylation sites is 1. The van der Waals surface area contributed by atoms with Crippen LogP contribution in [0.15, 0.2) is 24.3 Å². The van der Waals surface area contributed by atoms with Crippen LogP contribution in [0.3, 0.4) is 0 Å². The molecule has 0 bridgehead atoms. The number of aryl methyl sites for hydroxylation is 1. The molecule has 1 aliphatic heterocycles. The van der Waals surface area contributed by atoms with Crippen molar-refractivity contribution in [2.24, 2.45) is 5.92 Å². The summed E-state index contributed by atoms with van der Waals surface area (Å²) in [6.07, 6.45) is 2.02. The summed E-state index contributed by atoms with van der Waals surface area (Å²) in [5, 5.41) is 7.82. The van der Waals surface area contributed by atoms with E-state index < -0.39 is 0 Å². The standard InChI is InChI=1S/C21H29N3O2/c1-14(2)13-24-16(4)17(15(3)23-24)9-10-21(25)22-19-11-12-26-20-8-6-5-7-18(19)20/h5-8,14,19H,9-13H2,1-4H3,(H,22,25)/t19-/m1/s1. The zero-order valence-corrected chi connectivity index (χ0v) is 16.2. The lowest BCUT2D eigenvalue weighted by molar-refractivity contribution is -0.122. The van der Waals surface area contributed by atoms with E-state index in [0.717, 1.165) is 36.4 Å². The average Bonchev–Trinajstić information content (AvgIpc) is 2.86. The summed E-state index contributed by atoms with van der Waals surface area (Å²) in [5.41, 5.74) is 4.49. The van der Waals surface area contributed by atoms with Crippen LogP contribution < -0.4 is 10.1 Å².